The number of halogens is 1. The van der Waals surface area contributed by atoms with Crippen molar-refractivity contribution >= 4 is 11.9 Å². The van der Waals surface area contributed by atoms with Crippen molar-refractivity contribution in [1.82, 2.24) is 4.90 Å². The maximum atomic E-state index is 13.8. The number of rotatable bonds is 8. The van der Waals surface area contributed by atoms with Gasteiger partial charge in [-0.25, -0.2) is 9.18 Å². The molecule has 0 radical (unpaired) electrons. The highest BCUT2D eigenvalue weighted by Gasteiger charge is 2.17. The Balaban J connectivity index is 2.18. The summed E-state index contributed by atoms with van der Waals surface area (Å²) in [7, 11) is 1.57. The summed E-state index contributed by atoms with van der Waals surface area (Å²) in [6, 6.07) is 10.7. The van der Waals surface area contributed by atoms with Gasteiger partial charge in [-0.2, -0.15) is 0 Å². The molecule has 0 aliphatic carbocycles. The maximum Gasteiger partial charge on any atom is 0.341 e. The molecule has 26 heavy (non-hydrogen) atoms. The van der Waals surface area contributed by atoms with Gasteiger partial charge in [0, 0.05) is 24.7 Å². The lowest BCUT2D eigenvalue weighted by Crippen LogP contribution is -2.26. The van der Waals surface area contributed by atoms with Crippen molar-refractivity contribution in [1.29, 1.82) is 0 Å². The topological polar surface area (TPSA) is 76.1 Å². The van der Waals surface area contributed by atoms with Gasteiger partial charge in [0.25, 0.3) is 5.91 Å². The highest BCUT2D eigenvalue weighted by molar-refractivity contribution is 5.94. The summed E-state index contributed by atoms with van der Waals surface area (Å²) in [5.41, 5.74) is 0.741. The minimum atomic E-state index is -1.11. The predicted octanol–water partition coefficient (Wildman–Crippen LogP) is 2.96. The fraction of sp³-hybridized carbons (Fsp3) is 0.263. The van der Waals surface area contributed by atoms with Gasteiger partial charge in [-0.1, -0.05) is 18.2 Å². The van der Waals surface area contributed by atoms with Crippen LogP contribution in [0, 0.1) is 5.82 Å². The number of hydrogen-bond acceptors (Lipinski definition) is 4. The average molecular weight is 361 g/mol. The van der Waals surface area contributed by atoms with Gasteiger partial charge in [-0.15, -0.1) is 0 Å². The number of aliphatic carboxylic acids is 1. The third-order valence-corrected chi connectivity index (χ3v) is 3.55. The summed E-state index contributed by atoms with van der Waals surface area (Å²) in [5.74, 6) is -1.29. The molecule has 1 amide bonds. The third-order valence-electron chi connectivity index (χ3n) is 3.55. The van der Waals surface area contributed by atoms with E-state index in [1.807, 2.05) is 0 Å². The monoisotopic (exact) mass is 361 g/mol. The molecule has 0 heterocycles. The van der Waals surface area contributed by atoms with Crippen molar-refractivity contribution in [3.63, 3.8) is 0 Å². The van der Waals surface area contributed by atoms with E-state index in [4.69, 9.17) is 14.6 Å². The Hall–Kier alpha value is -3.09. The smallest absolute Gasteiger partial charge is 0.341 e. The predicted molar refractivity (Wildman–Crippen MR) is 92.9 cm³/mol. The van der Waals surface area contributed by atoms with Crippen LogP contribution in [0.2, 0.25) is 0 Å². The van der Waals surface area contributed by atoms with Crippen LogP contribution in [0.4, 0.5) is 4.39 Å². The van der Waals surface area contributed by atoms with Gasteiger partial charge < -0.3 is 19.5 Å². The second kappa shape index (κ2) is 8.84. The second-order valence-corrected chi connectivity index (χ2v) is 5.53. The van der Waals surface area contributed by atoms with Crippen LogP contribution in [0.1, 0.15) is 22.8 Å². The molecule has 0 saturated heterocycles. The lowest BCUT2D eigenvalue weighted by atomic mass is 10.1. The highest BCUT2D eigenvalue weighted by Crippen LogP contribution is 2.29. The van der Waals surface area contributed by atoms with Gasteiger partial charge in [0.1, 0.15) is 5.82 Å². The van der Waals surface area contributed by atoms with Crippen LogP contribution in [0.15, 0.2) is 42.5 Å². The van der Waals surface area contributed by atoms with Gasteiger partial charge in [-0.3, -0.25) is 4.79 Å². The molecule has 2 aromatic carbocycles. The molecule has 0 atom stereocenters. The first-order valence-electron chi connectivity index (χ1n) is 8.02. The van der Waals surface area contributed by atoms with Crippen LogP contribution in [-0.4, -0.2) is 42.1 Å². The van der Waals surface area contributed by atoms with Crippen LogP contribution in [0.5, 0.6) is 11.5 Å². The lowest BCUT2D eigenvalue weighted by molar-refractivity contribution is -0.139. The van der Waals surface area contributed by atoms with Gasteiger partial charge in [0.2, 0.25) is 0 Å². The number of carbonyl (C=O) groups excluding carboxylic acids is 1. The molecule has 2 aromatic rings. The number of ether oxygens (including phenoxy) is 2. The molecule has 0 saturated carbocycles. The highest BCUT2D eigenvalue weighted by atomic mass is 19.1. The first-order chi connectivity index (χ1) is 12.4. The third kappa shape index (κ3) is 4.95. The zero-order valence-corrected chi connectivity index (χ0v) is 14.6. The Morgan fingerprint density at radius 2 is 1.85 bits per heavy atom. The molecule has 0 unspecified atom stereocenters. The van der Waals surface area contributed by atoms with E-state index in [0.717, 1.165) is 0 Å². The average Bonchev–Trinajstić information content (AvgIpc) is 2.62. The molecular weight excluding hydrogens is 341 g/mol. The molecule has 6 nitrogen and oxygen atoms in total. The largest absolute Gasteiger partial charge is 0.490 e. The Bertz CT molecular complexity index is 793. The van der Waals surface area contributed by atoms with Crippen molar-refractivity contribution in [3.8, 4) is 11.5 Å². The second-order valence-electron chi connectivity index (χ2n) is 5.53. The summed E-state index contributed by atoms with van der Waals surface area (Å²) < 4.78 is 24.3. The molecule has 138 valence electrons. The Morgan fingerprint density at radius 3 is 2.50 bits per heavy atom. The van der Waals surface area contributed by atoms with E-state index < -0.39 is 12.6 Å². The van der Waals surface area contributed by atoms with E-state index >= 15 is 0 Å². The van der Waals surface area contributed by atoms with E-state index in [1.54, 1.807) is 32.2 Å². The number of carbonyl (C=O) groups is 2. The molecule has 0 aliphatic heterocycles. The number of amides is 1. The number of hydrogen-bond donors (Lipinski definition) is 1. The minimum Gasteiger partial charge on any atom is -0.490 e. The number of carboxylic acids is 1. The van der Waals surface area contributed by atoms with Crippen molar-refractivity contribution in [2.75, 3.05) is 20.3 Å². The number of carboxylic acid groups (broad SMARTS) is 1. The zero-order chi connectivity index (χ0) is 19.1. The van der Waals surface area contributed by atoms with E-state index in [-0.39, 0.29) is 29.8 Å². The summed E-state index contributed by atoms with van der Waals surface area (Å²) in [6.07, 6.45) is 0. The van der Waals surface area contributed by atoms with Crippen molar-refractivity contribution in [2.24, 2.45) is 0 Å². The lowest BCUT2D eigenvalue weighted by Gasteiger charge is -2.19. The molecule has 1 N–H and O–H groups in total. The SMILES string of the molecule is CCOc1cc(C(=O)N(C)Cc2ccccc2F)ccc1OCC(=O)O. The van der Waals surface area contributed by atoms with Crippen LogP contribution < -0.4 is 9.47 Å². The van der Waals surface area contributed by atoms with Gasteiger partial charge in [-0.05, 0) is 31.2 Å². The summed E-state index contributed by atoms with van der Waals surface area (Å²) >= 11 is 0. The van der Waals surface area contributed by atoms with Crippen molar-refractivity contribution < 1.29 is 28.6 Å². The van der Waals surface area contributed by atoms with Crippen LogP contribution >= 0.6 is 0 Å². The first-order valence-corrected chi connectivity index (χ1v) is 8.02. The summed E-state index contributed by atoms with van der Waals surface area (Å²) in [4.78, 5) is 24.6. The van der Waals surface area contributed by atoms with Crippen molar-refractivity contribution in [3.05, 3.63) is 59.4 Å². The number of nitrogens with zero attached hydrogens (tertiary/aromatic N) is 1. The summed E-state index contributed by atoms with van der Waals surface area (Å²) in [6.45, 7) is 1.69. The molecule has 0 fully saturated rings. The van der Waals surface area contributed by atoms with Crippen LogP contribution in [0.3, 0.4) is 0 Å². The van der Waals surface area contributed by atoms with Gasteiger partial charge in [0.15, 0.2) is 18.1 Å². The first kappa shape index (κ1) is 19.2. The van der Waals surface area contributed by atoms with E-state index in [1.165, 1.54) is 29.2 Å². The minimum absolute atomic E-state index is 0.118. The van der Waals surface area contributed by atoms with Gasteiger partial charge in [0.05, 0.1) is 6.61 Å². The molecule has 0 aromatic heterocycles. The quantitative estimate of drug-likeness (QED) is 0.782. The van der Waals surface area contributed by atoms with E-state index in [0.29, 0.717) is 17.7 Å². The molecule has 2 rings (SSSR count). The molecular formula is C19H20FNO5. The summed E-state index contributed by atoms with van der Waals surface area (Å²) in [5, 5.41) is 8.72. The Kier molecular flexibility index (Phi) is 6.54. The Labute approximate surface area is 150 Å². The fourth-order valence-electron chi connectivity index (χ4n) is 2.34. The Morgan fingerprint density at radius 1 is 1.12 bits per heavy atom. The number of benzene rings is 2. The van der Waals surface area contributed by atoms with E-state index in [9.17, 15) is 14.0 Å². The van der Waals surface area contributed by atoms with Crippen LogP contribution in [0.25, 0.3) is 0 Å². The maximum absolute atomic E-state index is 13.8. The zero-order valence-electron chi connectivity index (χ0n) is 14.6. The van der Waals surface area contributed by atoms with Crippen LogP contribution in [-0.2, 0) is 11.3 Å². The van der Waals surface area contributed by atoms with Gasteiger partial charge >= 0.3 is 5.97 Å². The normalized spacial score (nSPS) is 10.3. The molecule has 0 bridgehead atoms. The fourth-order valence-corrected chi connectivity index (χ4v) is 2.34. The molecule has 0 aliphatic rings. The van der Waals surface area contributed by atoms with E-state index in [2.05, 4.69) is 0 Å². The standard InChI is InChI=1S/C19H20FNO5/c1-3-25-17-10-13(8-9-16(17)26-12-18(22)23)19(24)21(2)11-14-6-4-5-7-15(14)20/h4-10H,3,11-12H2,1-2H3,(H,22,23). The molecule has 0 spiro atoms. The molecule has 7 heteroatoms. The van der Waals surface area contributed by atoms with Crippen molar-refractivity contribution in [2.45, 2.75) is 13.5 Å².